The van der Waals surface area contributed by atoms with Crippen LogP contribution in [0.4, 0.5) is 0 Å². The van der Waals surface area contributed by atoms with E-state index >= 15 is 0 Å². The van der Waals surface area contributed by atoms with Crippen molar-refractivity contribution >= 4 is 22.7 Å². The van der Waals surface area contributed by atoms with Crippen LogP contribution in [0.25, 0.3) is 16.7 Å². The predicted octanol–water partition coefficient (Wildman–Crippen LogP) is 3.51. The molecular formula is C21H21N5O2. The summed E-state index contributed by atoms with van der Waals surface area (Å²) >= 11 is 0. The molecule has 7 nitrogen and oxygen atoms in total. The summed E-state index contributed by atoms with van der Waals surface area (Å²) in [6.07, 6.45) is 1.88. The minimum absolute atomic E-state index is 0.0507. The third kappa shape index (κ3) is 2.83. The van der Waals surface area contributed by atoms with Gasteiger partial charge >= 0.3 is 0 Å². The second-order valence-corrected chi connectivity index (χ2v) is 7.45. The minimum atomic E-state index is -0.0507. The van der Waals surface area contributed by atoms with E-state index in [1.807, 2.05) is 55.1 Å². The van der Waals surface area contributed by atoms with Gasteiger partial charge in [-0.15, -0.1) is 0 Å². The summed E-state index contributed by atoms with van der Waals surface area (Å²) in [5.41, 5.74) is 4.60. The molecule has 1 atom stereocenters. The Morgan fingerprint density at radius 1 is 1.18 bits per heavy atom. The van der Waals surface area contributed by atoms with E-state index in [4.69, 9.17) is 4.42 Å². The number of nitrogens with zero attached hydrogens (tertiary/aromatic N) is 5. The average Bonchev–Trinajstić information content (AvgIpc) is 3.30. The van der Waals surface area contributed by atoms with Gasteiger partial charge in [-0.05, 0) is 44.9 Å². The van der Waals surface area contributed by atoms with Gasteiger partial charge in [0.15, 0.2) is 17.1 Å². The highest BCUT2D eigenvalue weighted by atomic mass is 16.3. The van der Waals surface area contributed by atoms with Crippen molar-refractivity contribution in [1.29, 1.82) is 0 Å². The first kappa shape index (κ1) is 16.9. The van der Waals surface area contributed by atoms with E-state index in [0.717, 1.165) is 41.9 Å². The third-order valence-electron chi connectivity index (χ3n) is 5.31. The van der Waals surface area contributed by atoms with Gasteiger partial charge in [0.05, 0.1) is 11.6 Å². The zero-order valence-corrected chi connectivity index (χ0v) is 15.9. The fourth-order valence-corrected chi connectivity index (χ4v) is 3.94. The molecule has 7 heteroatoms. The molecule has 1 fully saturated rings. The topological polar surface area (TPSA) is 76.5 Å². The van der Waals surface area contributed by atoms with Crippen molar-refractivity contribution in [2.75, 3.05) is 13.1 Å². The van der Waals surface area contributed by atoms with Gasteiger partial charge in [0.2, 0.25) is 0 Å². The summed E-state index contributed by atoms with van der Waals surface area (Å²) in [4.78, 5) is 24.2. The van der Waals surface area contributed by atoms with Crippen molar-refractivity contribution < 1.29 is 9.21 Å². The Hall–Kier alpha value is -3.22. The molecule has 4 heterocycles. The van der Waals surface area contributed by atoms with Crippen LogP contribution in [0.2, 0.25) is 0 Å². The van der Waals surface area contributed by atoms with Gasteiger partial charge < -0.3 is 9.32 Å². The lowest BCUT2D eigenvalue weighted by atomic mass is 9.97. The van der Waals surface area contributed by atoms with Crippen molar-refractivity contribution in [2.24, 2.45) is 0 Å². The molecule has 142 valence electrons. The number of carbonyl (C=O) groups is 1. The molecule has 1 amide bonds. The predicted molar refractivity (Wildman–Crippen MR) is 104 cm³/mol. The van der Waals surface area contributed by atoms with Crippen LogP contribution in [-0.4, -0.2) is 43.5 Å². The van der Waals surface area contributed by atoms with Gasteiger partial charge in [0.1, 0.15) is 11.2 Å². The first-order valence-electron chi connectivity index (χ1n) is 9.57. The highest BCUT2D eigenvalue weighted by molar-refractivity contribution is 5.93. The zero-order valence-electron chi connectivity index (χ0n) is 15.9. The zero-order chi connectivity index (χ0) is 19.3. The highest BCUT2D eigenvalue weighted by Crippen LogP contribution is 2.29. The van der Waals surface area contributed by atoms with E-state index in [1.165, 1.54) is 0 Å². The van der Waals surface area contributed by atoms with Crippen LogP contribution in [-0.2, 0) is 0 Å². The Morgan fingerprint density at radius 3 is 2.89 bits per heavy atom. The molecule has 0 saturated carbocycles. The van der Waals surface area contributed by atoms with Crippen molar-refractivity contribution in [1.82, 2.24) is 24.5 Å². The number of rotatable bonds is 2. The first-order chi connectivity index (χ1) is 13.6. The van der Waals surface area contributed by atoms with Crippen LogP contribution in [0.1, 0.15) is 46.5 Å². The van der Waals surface area contributed by atoms with Crippen LogP contribution < -0.4 is 0 Å². The van der Waals surface area contributed by atoms with Crippen molar-refractivity contribution in [3.8, 4) is 0 Å². The molecule has 0 bridgehead atoms. The van der Waals surface area contributed by atoms with E-state index in [9.17, 15) is 4.79 Å². The summed E-state index contributed by atoms with van der Waals surface area (Å²) in [5, 5.41) is 4.41. The van der Waals surface area contributed by atoms with Gasteiger partial charge in [-0.1, -0.05) is 12.1 Å². The lowest BCUT2D eigenvalue weighted by Gasteiger charge is -2.31. The fourth-order valence-electron chi connectivity index (χ4n) is 3.94. The third-order valence-corrected chi connectivity index (χ3v) is 5.31. The van der Waals surface area contributed by atoms with Crippen molar-refractivity contribution in [3.63, 3.8) is 0 Å². The summed E-state index contributed by atoms with van der Waals surface area (Å²) in [5.74, 6) is 0.766. The van der Waals surface area contributed by atoms with Gasteiger partial charge in [-0.2, -0.15) is 5.10 Å². The van der Waals surface area contributed by atoms with Crippen LogP contribution >= 0.6 is 0 Å². The van der Waals surface area contributed by atoms with Gasteiger partial charge in [-0.3, -0.25) is 4.79 Å². The quantitative estimate of drug-likeness (QED) is 0.536. The van der Waals surface area contributed by atoms with Crippen LogP contribution in [0.15, 0.2) is 40.8 Å². The number of piperidine rings is 1. The smallest absolute Gasteiger partial charge is 0.272 e. The summed E-state index contributed by atoms with van der Waals surface area (Å²) in [6.45, 7) is 5.18. The van der Waals surface area contributed by atoms with Crippen LogP contribution in [0, 0.1) is 13.8 Å². The number of carbonyl (C=O) groups excluding carboxylic acids is 1. The second-order valence-electron chi connectivity index (χ2n) is 7.45. The SMILES string of the molecule is Cc1cc2nc(C(=O)N3CCCC(c4nc5ccccc5o4)C3)cc(C)n2n1. The first-order valence-corrected chi connectivity index (χ1v) is 9.57. The molecule has 0 spiro atoms. The summed E-state index contributed by atoms with van der Waals surface area (Å²) in [6, 6.07) is 11.5. The Kier molecular flexibility index (Phi) is 3.89. The van der Waals surface area contributed by atoms with E-state index in [-0.39, 0.29) is 11.8 Å². The van der Waals surface area contributed by atoms with Crippen molar-refractivity contribution in [2.45, 2.75) is 32.6 Å². The molecule has 0 aliphatic carbocycles. The maximum Gasteiger partial charge on any atom is 0.272 e. The molecule has 0 radical (unpaired) electrons. The van der Waals surface area contributed by atoms with Crippen LogP contribution in [0.3, 0.4) is 0 Å². The number of hydrogen-bond acceptors (Lipinski definition) is 5. The summed E-state index contributed by atoms with van der Waals surface area (Å²) < 4.78 is 7.71. The molecule has 1 aromatic carbocycles. The number of oxazole rings is 1. The van der Waals surface area contributed by atoms with E-state index in [0.29, 0.717) is 23.8 Å². The number of fused-ring (bicyclic) bond motifs is 2. The normalized spacial score (nSPS) is 17.5. The van der Waals surface area contributed by atoms with E-state index < -0.39 is 0 Å². The number of likely N-dealkylation sites (tertiary alicyclic amines) is 1. The van der Waals surface area contributed by atoms with Crippen LogP contribution in [0.5, 0.6) is 0 Å². The number of benzene rings is 1. The summed E-state index contributed by atoms with van der Waals surface area (Å²) in [7, 11) is 0. The number of aromatic nitrogens is 4. The molecule has 28 heavy (non-hydrogen) atoms. The molecule has 5 rings (SSSR count). The Labute approximate surface area is 162 Å². The minimum Gasteiger partial charge on any atom is -0.440 e. The fraction of sp³-hybridized carbons (Fsp3) is 0.333. The van der Waals surface area contributed by atoms with Gasteiger partial charge in [0.25, 0.3) is 5.91 Å². The number of aryl methyl sites for hydroxylation is 2. The largest absolute Gasteiger partial charge is 0.440 e. The maximum atomic E-state index is 13.1. The lowest BCUT2D eigenvalue weighted by Crippen LogP contribution is -2.39. The maximum absolute atomic E-state index is 13.1. The Balaban J connectivity index is 1.42. The number of para-hydroxylation sites is 2. The Morgan fingerprint density at radius 2 is 2.04 bits per heavy atom. The Bertz CT molecular complexity index is 1160. The number of amides is 1. The molecule has 1 aliphatic rings. The van der Waals surface area contributed by atoms with E-state index in [2.05, 4.69) is 15.1 Å². The van der Waals surface area contributed by atoms with Gasteiger partial charge in [-0.25, -0.2) is 14.5 Å². The molecule has 1 unspecified atom stereocenters. The standard InChI is InChI=1S/C21H21N5O2/c1-13-10-19-22-17(11-14(2)26(19)24-13)21(27)25-9-5-6-15(12-25)20-23-16-7-3-4-8-18(16)28-20/h3-4,7-8,10-11,15H,5-6,9,12H2,1-2H3. The molecular weight excluding hydrogens is 354 g/mol. The molecule has 0 N–H and O–H groups in total. The average molecular weight is 375 g/mol. The molecule has 1 saturated heterocycles. The van der Waals surface area contributed by atoms with Gasteiger partial charge in [0, 0.05) is 24.8 Å². The van der Waals surface area contributed by atoms with E-state index in [1.54, 1.807) is 4.52 Å². The lowest BCUT2D eigenvalue weighted by molar-refractivity contribution is 0.0693. The highest BCUT2D eigenvalue weighted by Gasteiger charge is 2.29. The second kappa shape index (κ2) is 6.44. The van der Waals surface area contributed by atoms with Crippen molar-refractivity contribution in [3.05, 3.63) is 59.4 Å². The monoisotopic (exact) mass is 375 g/mol. The molecule has 4 aromatic rings. The number of hydrogen-bond donors (Lipinski definition) is 0. The molecule has 3 aromatic heterocycles. The molecule has 1 aliphatic heterocycles.